The number of fused-ring (bicyclic) bond motifs is 1. The number of carbonyl (C=O) groups excluding carboxylic acids is 1. The largest absolute Gasteiger partial charge is 0.483 e. The van der Waals surface area contributed by atoms with Crippen LogP contribution in [0.3, 0.4) is 0 Å². The first-order valence-corrected chi connectivity index (χ1v) is 8.19. The molecule has 0 aliphatic carbocycles. The maximum absolute atomic E-state index is 12.7. The van der Waals surface area contributed by atoms with Gasteiger partial charge in [-0.05, 0) is 26.8 Å². The third kappa shape index (κ3) is 4.43. The van der Waals surface area contributed by atoms with Crippen LogP contribution in [0, 0.1) is 12.8 Å². The molecule has 1 saturated heterocycles. The quantitative estimate of drug-likeness (QED) is 0.552. The Labute approximate surface area is 145 Å². The summed E-state index contributed by atoms with van der Waals surface area (Å²) >= 11 is 0. The molecule has 2 aliphatic heterocycles. The Hall–Kier alpha value is -2.26. The SMILES string of the molecule is Cc1nc2c(c(=O)[nH]1)CCN(C(=O)[C@@H]1CN(C)CC[C@@H]1O)C2.O=CO. The number of amides is 1. The van der Waals surface area contributed by atoms with Crippen molar-refractivity contribution in [2.24, 2.45) is 5.92 Å². The molecular weight excluding hydrogens is 328 g/mol. The maximum Gasteiger partial charge on any atom is 0.290 e. The van der Waals surface area contributed by atoms with Gasteiger partial charge in [0, 0.05) is 25.2 Å². The molecule has 0 saturated carbocycles. The smallest absolute Gasteiger partial charge is 0.290 e. The Morgan fingerprint density at radius 1 is 1.40 bits per heavy atom. The van der Waals surface area contributed by atoms with E-state index >= 15 is 0 Å². The van der Waals surface area contributed by atoms with Crippen molar-refractivity contribution in [2.45, 2.75) is 32.4 Å². The second-order valence-electron chi connectivity index (χ2n) is 6.42. The lowest BCUT2D eigenvalue weighted by Gasteiger charge is -2.37. The second kappa shape index (κ2) is 8.21. The van der Waals surface area contributed by atoms with Crippen LogP contribution in [0.25, 0.3) is 0 Å². The molecule has 25 heavy (non-hydrogen) atoms. The zero-order valence-corrected chi connectivity index (χ0v) is 14.4. The highest BCUT2D eigenvalue weighted by atomic mass is 16.3. The number of aromatic nitrogens is 2. The molecule has 9 nitrogen and oxygen atoms in total. The summed E-state index contributed by atoms with van der Waals surface area (Å²) in [6.45, 7) is 3.73. The monoisotopic (exact) mass is 352 g/mol. The third-order valence-corrected chi connectivity index (χ3v) is 4.60. The molecule has 3 heterocycles. The highest BCUT2D eigenvalue weighted by Gasteiger charge is 2.36. The Morgan fingerprint density at radius 3 is 2.76 bits per heavy atom. The van der Waals surface area contributed by atoms with E-state index in [-0.39, 0.29) is 23.9 Å². The van der Waals surface area contributed by atoms with Crippen molar-refractivity contribution in [3.05, 3.63) is 27.4 Å². The number of H-pyrrole nitrogens is 1. The van der Waals surface area contributed by atoms with Gasteiger partial charge in [-0.25, -0.2) is 4.98 Å². The van der Waals surface area contributed by atoms with Crippen LogP contribution in [0.15, 0.2) is 4.79 Å². The minimum absolute atomic E-state index is 0.0376. The Balaban J connectivity index is 0.000000701. The predicted molar refractivity (Wildman–Crippen MR) is 89.0 cm³/mol. The predicted octanol–water partition coefficient (Wildman–Crippen LogP) is -1.02. The average Bonchev–Trinajstić information content (AvgIpc) is 2.56. The molecule has 0 radical (unpaired) electrons. The lowest BCUT2D eigenvalue weighted by Crippen LogP contribution is -2.51. The molecule has 3 rings (SSSR count). The van der Waals surface area contributed by atoms with E-state index in [0.29, 0.717) is 49.6 Å². The van der Waals surface area contributed by atoms with E-state index in [4.69, 9.17) is 9.90 Å². The summed E-state index contributed by atoms with van der Waals surface area (Å²) in [5, 5.41) is 17.0. The molecule has 0 unspecified atom stereocenters. The number of aliphatic hydroxyl groups is 1. The first kappa shape index (κ1) is 19.1. The van der Waals surface area contributed by atoms with Gasteiger partial charge in [0.25, 0.3) is 12.0 Å². The van der Waals surface area contributed by atoms with Crippen LogP contribution in [0.2, 0.25) is 0 Å². The molecule has 1 fully saturated rings. The molecule has 1 aromatic heterocycles. The van der Waals surface area contributed by atoms with Gasteiger partial charge in [0.05, 0.1) is 24.3 Å². The summed E-state index contributed by atoms with van der Waals surface area (Å²) in [4.78, 5) is 43.8. The zero-order chi connectivity index (χ0) is 18.6. The molecule has 9 heteroatoms. The van der Waals surface area contributed by atoms with Crippen LogP contribution in [-0.4, -0.2) is 75.1 Å². The van der Waals surface area contributed by atoms with Crippen molar-refractivity contribution in [1.29, 1.82) is 0 Å². The summed E-state index contributed by atoms with van der Waals surface area (Å²) in [5.41, 5.74) is 1.25. The normalized spacial score (nSPS) is 23.2. The van der Waals surface area contributed by atoms with Crippen molar-refractivity contribution in [2.75, 3.05) is 26.7 Å². The molecule has 1 aromatic rings. The van der Waals surface area contributed by atoms with Gasteiger partial charge in [0.2, 0.25) is 5.91 Å². The summed E-state index contributed by atoms with van der Waals surface area (Å²) in [7, 11) is 1.96. The summed E-state index contributed by atoms with van der Waals surface area (Å²) in [6, 6.07) is 0. The fraction of sp³-hybridized carbons (Fsp3) is 0.625. The maximum atomic E-state index is 12.7. The molecule has 2 atom stereocenters. The second-order valence-corrected chi connectivity index (χ2v) is 6.42. The number of nitrogens with zero attached hydrogens (tertiary/aromatic N) is 3. The van der Waals surface area contributed by atoms with Crippen LogP contribution in [0.4, 0.5) is 0 Å². The highest BCUT2D eigenvalue weighted by molar-refractivity contribution is 5.80. The first-order valence-electron chi connectivity index (χ1n) is 8.19. The number of nitrogens with one attached hydrogen (secondary N) is 1. The summed E-state index contributed by atoms with van der Waals surface area (Å²) in [6.07, 6.45) is 0.551. The molecule has 0 spiro atoms. The van der Waals surface area contributed by atoms with Crippen LogP contribution in [-0.2, 0) is 22.6 Å². The number of aliphatic hydroxyl groups excluding tert-OH is 1. The number of likely N-dealkylation sites (tertiary alicyclic amines) is 1. The number of carboxylic acid groups (broad SMARTS) is 1. The molecule has 3 N–H and O–H groups in total. The van der Waals surface area contributed by atoms with Gasteiger partial charge in [-0.1, -0.05) is 0 Å². The van der Waals surface area contributed by atoms with Gasteiger partial charge >= 0.3 is 0 Å². The number of rotatable bonds is 1. The highest BCUT2D eigenvalue weighted by Crippen LogP contribution is 2.22. The van der Waals surface area contributed by atoms with E-state index in [1.807, 2.05) is 7.05 Å². The van der Waals surface area contributed by atoms with Gasteiger partial charge in [-0.3, -0.25) is 14.4 Å². The van der Waals surface area contributed by atoms with Crippen LogP contribution < -0.4 is 5.56 Å². The molecule has 0 aromatic carbocycles. The fourth-order valence-electron chi connectivity index (χ4n) is 3.33. The number of aromatic amines is 1. The minimum atomic E-state index is -0.584. The van der Waals surface area contributed by atoms with Crippen molar-refractivity contribution in [3.8, 4) is 0 Å². The van der Waals surface area contributed by atoms with Crippen molar-refractivity contribution in [3.63, 3.8) is 0 Å². The van der Waals surface area contributed by atoms with E-state index in [0.717, 1.165) is 6.54 Å². The average molecular weight is 352 g/mol. The van der Waals surface area contributed by atoms with Crippen LogP contribution in [0.1, 0.15) is 23.5 Å². The Bertz CT molecular complexity index is 690. The van der Waals surface area contributed by atoms with Gasteiger partial charge in [0.15, 0.2) is 0 Å². The third-order valence-electron chi connectivity index (χ3n) is 4.60. The van der Waals surface area contributed by atoms with Crippen LogP contribution >= 0.6 is 0 Å². The lowest BCUT2D eigenvalue weighted by molar-refractivity contribution is -0.143. The topological polar surface area (TPSA) is 127 Å². The molecule has 2 aliphatic rings. The lowest BCUT2D eigenvalue weighted by atomic mass is 9.92. The number of hydrogen-bond acceptors (Lipinski definition) is 6. The van der Waals surface area contributed by atoms with Gasteiger partial charge in [-0.15, -0.1) is 0 Å². The summed E-state index contributed by atoms with van der Waals surface area (Å²) < 4.78 is 0. The van der Waals surface area contributed by atoms with E-state index < -0.39 is 6.10 Å². The minimum Gasteiger partial charge on any atom is -0.483 e. The van der Waals surface area contributed by atoms with E-state index in [1.54, 1.807) is 11.8 Å². The standard InChI is InChI=1S/C15H22N4O3.CH2O2/c1-9-16-12-8-19(6-3-10(12)14(21)17-9)15(22)11-7-18(2)5-4-13(11)20;2-1-3/h11,13,20H,3-8H2,1-2H3,(H,16,17,21);1H,(H,2,3)/t11-,13+;/m1./s1. The van der Waals surface area contributed by atoms with Crippen molar-refractivity contribution < 1.29 is 19.8 Å². The van der Waals surface area contributed by atoms with Gasteiger partial charge < -0.3 is 25.0 Å². The number of aryl methyl sites for hydroxylation is 1. The zero-order valence-electron chi connectivity index (χ0n) is 14.4. The van der Waals surface area contributed by atoms with Gasteiger partial charge in [-0.2, -0.15) is 0 Å². The number of piperidine rings is 1. The van der Waals surface area contributed by atoms with Crippen molar-refractivity contribution >= 4 is 12.4 Å². The molecule has 1 amide bonds. The number of hydrogen-bond donors (Lipinski definition) is 3. The van der Waals surface area contributed by atoms with E-state index in [9.17, 15) is 14.7 Å². The van der Waals surface area contributed by atoms with E-state index in [1.165, 1.54) is 0 Å². The Morgan fingerprint density at radius 2 is 2.08 bits per heavy atom. The van der Waals surface area contributed by atoms with Crippen LogP contribution in [0.5, 0.6) is 0 Å². The first-order chi connectivity index (χ1) is 11.9. The molecular formula is C16H24N4O5. The molecule has 138 valence electrons. The Kier molecular flexibility index (Phi) is 6.27. The van der Waals surface area contributed by atoms with Gasteiger partial charge in [0.1, 0.15) is 5.82 Å². The number of carbonyl (C=O) groups is 2. The van der Waals surface area contributed by atoms with E-state index in [2.05, 4.69) is 14.9 Å². The molecule has 0 bridgehead atoms. The summed E-state index contributed by atoms with van der Waals surface area (Å²) in [5.74, 6) is 0.142. The van der Waals surface area contributed by atoms with Crippen molar-refractivity contribution in [1.82, 2.24) is 19.8 Å². The fourth-order valence-corrected chi connectivity index (χ4v) is 3.33.